The highest BCUT2D eigenvalue weighted by molar-refractivity contribution is 5.72. The first-order chi connectivity index (χ1) is 16.4. The highest BCUT2D eigenvalue weighted by Gasteiger charge is 2.19. The van der Waals surface area contributed by atoms with Gasteiger partial charge in [0, 0.05) is 42.6 Å². The van der Waals surface area contributed by atoms with Crippen LogP contribution in [0.1, 0.15) is 5.56 Å². The summed E-state index contributed by atoms with van der Waals surface area (Å²) in [6, 6.07) is 14.3. The molecule has 2 aromatic heterocycles. The average Bonchev–Trinajstić information content (AvgIpc) is 3.25. The number of aromatic nitrogens is 3. The van der Waals surface area contributed by atoms with Gasteiger partial charge in [-0.05, 0) is 41.5 Å². The largest absolute Gasteiger partial charge is 0.431 e. The van der Waals surface area contributed by atoms with E-state index in [1.165, 1.54) is 18.3 Å². The van der Waals surface area contributed by atoms with Gasteiger partial charge in [0.2, 0.25) is 0 Å². The second-order valence-corrected chi connectivity index (χ2v) is 7.04. The molecule has 0 aliphatic carbocycles. The van der Waals surface area contributed by atoms with Gasteiger partial charge in [-0.3, -0.25) is 14.9 Å². The lowest BCUT2D eigenvalue weighted by Gasteiger charge is -2.26. The van der Waals surface area contributed by atoms with Gasteiger partial charge in [0.05, 0.1) is 5.56 Å². The number of aromatic amines is 2. The molecular weight excluding hydrogens is 456 g/mol. The van der Waals surface area contributed by atoms with Gasteiger partial charge in [-0.25, -0.2) is 0 Å². The van der Waals surface area contributed by atoms with Gasteiger partial charge in [0.1, 0.15) is 0 Å². The van der Waals surface area contributed by atoms with Crippen molar-refractivity contribution in [1.82, 2.24) is 15.2 Å². The first kappa shape index (κ1) is 22.9. The van der Waals surface area contributed by atoms with Gasteiger partial charge < -0.3 is 19.5 Å². The second kappa shape index (κ2) is 10.1. The van der Waals surface area contributed by atoms with Crippen LogP contribution in [0.4, 0.5) is 28.9 Å². The Morgan fingerprint density at radius 1 is 0.912 bits per heavy atom. The summed E-state index contributed by atoms with van der Waals surface area (Å²) < 4.78 is 60.2. The van der Waals surface area contributed by atoms with Crippen LogP contribution in [0.25, 0.3) is 11.1 Å². The standard InChI is InChI=1S/C23H18F4N4O3/c24-22(25)33-19-7-6-17(10-20(19)34-23(26)27)31(13-14-3-2-8-28-11-14)16-5-1-4-15(9-16)18-12-29-30-21(18)32/h1-12,22-23H,13H2,(H2,29,30,32). The molecule has 7 nitrogen and oxygen atoms in total. The van der Waals surface area contributed by atoms with Crippen molar-refractivity contribution >= 4 is 11.4 Å². The summed E-state index contributed by atoms with van der Waals surface area (Å²) in [5.74, 6) is -1.06. The van der Waals surface area contributed by atoms with E-state index in [9.17, 15) is 22.4 Å². The molecule has 0 aliphatic rings. The van der Waals surface area contributed by atoms with Crippen molar-refractivity contribution in [3.63, 3.8) is 0 Å². The van der Waals surface area contributed by atoms with Crippen molar-refractivity contribution in [3.8, 4) is 22.6 Å². The van der Waals surface area contributed by atoms with E-state index in [1.807, 2.05) is 6.07 Å². The molecule has 4 rings (SSSR count). The van der Waals surface area contributed by atoms with Gasteiger partial charge in [-0.2, -0.15) is 17.6 Å². The van der Waals surface area contributed by atoms with E-state index in [0.29, 0.717) is 22.5 Å². The number of hydrogen-bond acceptors (Lipinski definition) is 5. The fraction of sp³-hybridized carbons (Fsp3) is 0.130. The highest BCUT2D eigenvalue weighted by Crippen LogP contribution is 2.38. The molecule has 0 saturated carbocycles. The first-order valence-electron chi connectivity index (χ1n) is 9.97. The number of ether oxygens (including phenoxy) is 2. The molecule has 4 aromatic rings. The minimum Gasteiger partial charge on any atom is -0.431 e. The van der Waals surface area contributed by atoms with Crippen LogP contribution in [0.15, 0.2) is 78.0 Å². The second-order valence-electron chi connectivity index (χ2n) is 7.04. The molecule has 0 spiro atoms. The molecule has 0 bridgehead atoms. The Morgan fingerprint density at radius 3 is 2.35 bits per heavy atom. The number of hydrogen-bond donors (Lipinski definition) is 2. The molecule has 0 fully saturated rings. The minimum absolute atomic E-state index is 0.254. The fourth-order valence-corrected chi connectivity index (χ4v) is 3.41. The lowest BCUT2D eigenvalue weighted by molar-refractivity contribution is -0.0692. The molecule has 34 heavy (non-hydrogen) atoms. The zero-order valence-corrected chi connectivity index (χ0v) is 17.4. The van der Waals surface area contributed by atoms with Crippen LogP contribution in [-0.2, 0) is 6.54 Å². The van der Waals surface area contributed by atoms with Crippen LogP contribution in [-0.4, -0.2) is 28.4 Å². The molecular formula is C23H18F4N4O3. The van der Waals surface area contributed by atoms with Gasteiger partial charge in [0.25, 0.3) is 5.56 Å². The molecule has 176 valence electrons. The topological polar surface area (TPSA) is 83.2 Å². The Morgan fingerprint density at radius 2 is 1.68 bits per heavy atom. The third-order valence-corrected chi connectivity index (χ3v) is 4.85. The number of pyridine rings is 1. The summed E-state index contributed by atoms with van der Waals surface area (Å²) in [4.78, 5) is 17.9. The van der Waals surface area contributed by atoms with Crippen molar-refractivity contribution in [1.29, 1.82) is 0 Å². The van der Waals surface area contributed by atoms with Crippen molar-refractivity contribution < 1.29 is 27.0 Å². The van der Waals surface area contributed by atoms with E-state index < -0.39 is 24.7 Å². The van der Waals surface area contributed by atoms with Gasteiger partial charge >= 0.3 is 13.2 Å². The number of benzene rings is 2. The number of nitrogens with one attached hydrogen (secondary N) is 2. The summed E-state index contributed by atoms with van der Waals surface area (Å²) >= 11 is 0. The smallest absolute Gasteiger partial charge is 0.387 e. The quantitative estimate of drug-likeness (QED) is 0.322. The lowest BCUT2D eigenvalue weighted by atomic mass is 10.1. The first-order valence-corrected chi connectivity index (χ1v) is 9.97. The van der Waals surface area contributed by atoms with E-state index in [-0.39, 0.29) is 12.1 Å². The van der Waals surface area contributed by atoms with Gasteiger partial charge in [-0.15, -0.1) is 0 Å². The van der Waals surface area contributed by atoms with Crippen LogP contribution in [0.3, 0.4) is 0 Å². The molecule has 0 unspecified atom stereocenters. The molecule has 2 aromatic carbocycles. The van der Waals surface area contributed by atoms with E-state index in [2.05, 4.69) is 24.7 Å². The van der Waals surface area contributed by atoms with E-state index >= 15 is 0 Å². The Kier molecular flexibility index (Phi) is 6.81. The van der Waals surface area contributed by atoms with Crippen LogP contribution in [0.5, 0.6) is 11.5 Å². The van der Waals surface area contributed by atoms with Crippen molar-refractivity contribution in [2.75, 3.05) is 4.90 Å². The Balaban J connectivity index is 1.80. The molecule has 0 radical (unpaired) electrons. The Bertz CT molecular complexity index is 1290. The molecule has 2 heterocycles. The normalized spacial score (nSPS) is 11.1. The molecule has 0 aliphatic heterocycles. The summed E-state index contributed by atoms with van der Waals surface area (Å²) in [5.41, 5.74) is 2.46. The molecule has 11 heteroatoms. The maximum Gasteiger partial charge on any atom is 0.387 e. The number of rotatable bonds is 9. The minimum atomic E-state index is -3.24. The van der Waals surface area contributed by atoms with Crippen LogP contribution in [0.2, 0.25) is 0 Å². The maximum absolute atomic E-state index is 13.0. The summed E-state index contributed by atoms with van der Waals surface area (Å²) in [6.07, 6.45) is 4.77. The predicted octanol–water partition coefficient (Wildman–Crippen LogP) is 5.31. The van der Waals surface area contributed by atoms with Crippen LogP contribution in [0, 0.1) is 0 Å². The van der Waals surface area contributed by atoms with E-state index in [4.69, 9.17) is 0 Å². The number of H-pyrrole nitrogens is 2. The zero-order valence-electron chi connectivity index (χ0n) is 17.4. The highest BCUT2D eigenvalue weighted by atomic mass is 19.3. The molecule has 0 amide bonds. The predicted molar refractivity (Wildman–Crippen MR) is 117 cm³/mol. The Labute approximate surface area is 190 Å². The van der Waals surface area contributed by atoms with E-state index in [1.54, 1.807) is 47.6 Å². The van der Waals surface area contributed by atoms with Crippen LogP contribution < -0.4 is 19.9 Å². The van der Waals surface area contributed by atoms with Crippen molar-refractivity contribution in [2.24, 2.45) is 0 Å². The van der Waals surface area contributed by atoms with Crippen molar-refractivity contribution in [3.05, 3.63) is 89.1 Å². The molecule has 2 N–H and O–H groups in total. The average molecular weight is 474 g/mol. The SMILES string of the molecule is O=c1[nH][nH]cc1-c1cccc(N(Cc2cccnc2)c2ccc(OC(F)F)c(OC(F)F)c2)c1. The summed E-state index contributed by atoms with van der Waals surface area (Å²) in [6.45, 7) is -6.21. The maximum atomic E-state index is 13.0. The number of nitrogens with zero attached hydrogens (tertiary/aromatic N) is 2. The zero-order chi connectivity index (χ0) is 24.1. The lowest BCUT2D eigenvalue weighted by Crippen LogP contribution is -2.17. The number of halogens is 4. The summed E-state index contributed by atoms with van der Waals surface area (Å²) in [7, 11) is 0. The summed E-state index contributed by atoms with van der Waals surface area (Å²) in [5, 5.41) is 5.11. The molecule has 0 saturated heterocycles. The van der Waals surface area contributed by atoms with Crippen molar-refractivity contribution in [2.45, 2.75) is 19.8 Å². The molecule has 0 atom stereocenters. The fourth-order valence-electron chi connectivity index (χ4n) is 3.41. The monoisotopic (exact) mass is 474 g/mol. The number of alkyl halides is 4. The van der Waals surface area contributed by atoms with E-state index in [0.717, 1.165) is 11.6 Å². The third kappa shape index (κ3) is 5.37. The van der Waals surface area contributed by atoms with Gasteiger partial charge in [-0.1, -0.05) is 18.2 Å². The van der Waals surface area contributed by atoms with Gasteiger partial charge in [0.15, 0.2) is 11.5 Å². The third-order valence-electron chi connectivity index (χ3n) is 4.85. The van der Waals surface area contributed by atoms with Crippen LogP contribution >= 0.6 is 0 Å². The Hall–Kier alpha value is -4.28. The number of anilines is 2.